The molecule has 8 heavy (non-hydrogen) atoms. The van der Waals surface area contributed by atoms with Gasteiger partial charge in [0.2, 0.25) is 0 Å². The van der Waals surface area contributed by atoms with Gasteiger partial charge in [0.1, 0.15) is 0 Å². The maximum Gasteiger partial charge on any atom is 2.00 e. The summed E-state index contributed by atoms with van der Waals surface area (Å²) in [6.45, 7) is 15.6. The Kier molecular flexibility index (Phi) is 15.6. The molecule has 0 fully saturated rings. The molecular formula is C6H16SiZn. The molecule has 0 N–H and O–H groups in total. The van der Waals surface area contributed by atoms with E-state index in [2.05, 4.69) is 33.1 Å². The quantitative estimate of drug-likeness (QED) is 0.398. The first kappa shape index (κ1) is 15.9. The minimum Gasteiger partial charge on any atom is -0.346 e. The van der Waals surface area contributed by atoms with E-state index < -0.39 is 8.07 Å². The summed E-state index contributed by atoms with van der Waals surface area (Å²) in [5.74, 6) is 0. The first-order chi connectivity index (χ1) is 3.00. The van der Waals surface area contributed by atoms with Gasteiger partial charge in [-0.25, -0.2) is 0 Å². The van der Waals surface area contributed by atoms with Crippen LogP contribution in [-0.2, 0) is 19.5 Å². The zero-order chi connectivity index (χ0) is 6.50. The van der Waals surface area contributed by atoms with Gasteiger partial charge in [0.25, 0.3) is 0 Å². The molecular weight excluding hydrogens is 166 g/mol. The van der Waals surface area contributed by atoms with Crippen LogP contribution in [0.2, 0.25) is 19.6 Å². The molecule has 0 bridgehead atoms. The average Bonchev–Trinajstić information content (AvgIpc) is 1.36. The summed E-state index contributed by atoms with van der Waals surface area (Å²) in [4.78, 5) is 0. The second-order valence-electron chi connectivity index (χ2n) is 2.56. The third kappa shape index (κ3) is 330. The van der Waals surface area contributed by atoms with Gasteiger partial charge in [-0.1, -0.05) is 19.6 Å². The molecule has 0 unspecified atom stereocenters. The van der Waals surface area contributed by atoms with Crippen molar-refractivity contribution in [3.63, 3.8) is 0 Å². The van der Waals surface area contributed by atoms with E-state index in [4.69, 9.17) is 0 Å². The predicted octanol–water partition coefficient (Wildman–Crippen LogP) is 2.54. The maximum absolute atomic E-state index is 3.91. The van der Waals surface area contributed by atoms with Crippen LogP contribution >= 0.6 is 0 Å². The van der Waals surface area contributed by atoms with Crippen LogP contribution in [-0.4, -0.2) is 8.07 Å². The van der Waals surface area contributed by atoms with Crippen LogP contribution < -0.4 is 0 Å². The Labute approximate surface area is 67.8 Å². The van der Waals surface area contributed by atoms with Crippen molar-refractivity contribution in [2.75, 3.05) is 0 Å². The minimum absolute atomic E-state index is 0. The van der Waals surface area contributed by atoms with Crippen LogP contribution in [0.5, 0.6) is 0 Å². The fourth-order valence-corrected chi connectivity index (χ4v) is 0. The van der Waals surface area contributed by atoms with Gasteiger partial charge in [0, 0.05) is 0 Å². The molecule has 0 heterocycles. The van der Waals surface area contributed by atoms with Crippen molar-refractivity contribution in [1.29, 1.82) is 0 Å². The second-order valence-corrected chi connectivity index (χ2v) is 7.68. The van der Waals surface area contributed by atoms with Crippen molar-refractivity contribution in [3.05, 3.63) is 13.5 Å². The number of rotatable bonds is 0. The van der Waals surface area contributed by atoms with Gasteiger partial charge in [-0.05, 0) is 0 Å². The summed E-state index contributed by atoms with van der Waals surface area (Å²) < 4.78 is 0. The normalized spacial score (nSPS) is 8.25. The molecule has 0 aromatic heterocycles. The predicted molar refractivity (Wildman–Crippen MR) is 39.7 cm³/mol. The van der Waals surface area contributed by atoms with Crippen molar-refractivity contribution in [1.82, 2.24) is 0 Å². The van der Waals surface area contributed by atoms with Gasteiger partial charge in [-0.15, -0.1) is 8.07 Å². The average molecular weight is 182 g/mol. The Morgan fingerprint density at radius 2 is 1.00 bits per heavy atom. The molecule has 0 atom stereocenters. The van der Waals surface area contributed by atoms with E-state index in [1.54, 1.807) is 6.92 Å². The summed E-state index contributed by atoms with van der Waals surface area (Å²) >= 11 is 0. The Hall–Kier alpha value is 0.840. The van der Waals surface area contributed by atoms with E-state index >= 15 is 0 Å². The zero-order valence-electron chi connectivity index (χ0n) is 6.62. The molecule has 0 saturated carbocycles. The second kappa shape index (κ2) is 7.84. The molecule has 46 valence electrons. The van der Waals surface area contributed by atoms with Crippen molar-refractivity contribution >= 4 is 8.07 Å². The van der Waals surface area contributed by atoms with Gasteiger partial charge < -0.3 is 13.5 Å². The fraction of sp³-hybridized carbons (Fsp3) is 0.667. The van der Waals surface area contributed by atoms with Crippen molar-refractivity contribution in [2.45, 2.75) is 26.6 Å². The third-order valence-corrected chi connectivity index (χ3v) is 0. The molecule has 0 aromatic carbocycles. The van der Waals surface area contributed by atoms with Crippen LogP contribution in [0, 0.1) is 13.5 Å². The minimum atomic E-state index is -0.861. The molecule has 0 aromatic rings. The van der Waals surface area contributed by atoms with Gasteiger partial charge in [-0.3, -0.25) is 0 Å². The molecule has 0 aliphatic carbocycles. The number of hydrogen-bond acceptors (Lipinski definition) is 0. The van der Waals surface area contributed by atoms with E-state index in [1.165, 1.54) is 0 Å². The van der Waals surface area contributed by atoms with Crippen LogP contribution in [0.25, 0.3) is 0 Å². The maximum atomic E-state index is 3.91. The van der Waals surface area contributed by atoms with Gasteiger partial charge >= 0.3 is 19.5 Å². The van der Waals surface area contributed by atoms with E-state index in [0.717, 1.165) is 0 Å². The Balaban J connectivity index is -0.0000000750. The molecule has 0 amide bonds. The summed E-state index contributed by atoms with van der Waals surface area (Å²) in [5.41, 5.74) is 0. The van der Waals surface area contributed by atoms with E-state index in [-0.39, 0.29) is 19.5 Å². The molecule has 0 spiro atoms. The van der Waals surface area contributed by atoms with Crippen LogP contribution in [0.3, 0.4) is 0 Å². The Morgan fingerprint density at radius 1 is 1.00 bits per heavy atom. The molecule has 2 heteroatoms. The first-order valence-corrected chi connectivity index (χ1v) is 6.27. The van der Waals surface area contributed by atoms with E-state index in [1.807, 2.05) is 0 Å². The van der Waals surface area contributed by atoms with Crippen LogP contribution in [0.15, 0.2) is 0 Å². The van der Waals surface area contributed by atoms with Crippen LogP contribution in [0.4, 0.5) is 0 Å². The standard InChI is InChI=1S/C4H11Si.C2H5.Zn/c1-5(2,3)4;1-2;/h1H2,2-4H3;1H2,2H3;/q2*-1;+2. The Bertz CT molecular complexity index is 24.0. The summed E-state index contributed by atoms with van der Waals surface area (Å²) in [6.07, 6.45) is 0. The molecule has 0 aliphatic heterocycles. The summed E-state index contributed by atoms with van der Waals surface area (Å²) in [6, 6.07) is 0. The fourth-order valence-electron chi connectivity index (χ4n) is 0. The van der Waals surface area contributed by atoms with Gasteiger partial charge in [0.05, 0.1) is 0 Å². The number of hydrogen-bond donors (Lipinski definition) is 0. The topological polar surface area (TPSA) is 0 Å². The van der Waals surface area contributed by atoms with Crippen molar-refractivity contribution in [3.8, 4) is 0 Å². The third-order valence-electron chi connectivity index (χ3n) is 0. The van der Waals surface area contributed by atoms with Gasteiger partial charge in [-0.2, -0.15) is 6.92 Å². The Morgan fingerprint density at radius 3 is 1.00 bits per heavy atom. The smallest absolute Gasteiger partial charge is 0.346 e. The van der Waals surface area contributed by atoms with Gasteiger partial charge in [0.15, 0.2) is 0 Å². The molecule has 0 saturated heterocycles. The summed E-state index contributed by atoms with van der Waals surface area (Å²) in [7, 11) is -0.861. The SMILES string of the molecule is [CH2-]C.[CH2-][Si](C)(C)C.[Zn+2]. The zero-order valence-corrected chi connectivity index (χ0v) is 10.6. The largest absolute Gasteiger partial charge is 2.00 e. The van der Waals surface area contributed by atoms with Crippen molar-refractivity contribution < 1.29 is 19.5 Å². The monoisotopic (exact) mass is 180 g/mol. The van der Waals surface area contributed by atoms with Crippen LogP contribution in [0.1, 0.15) is 6.92 Å². The van der Waals surface area contributed by atoms with Crippen molar-refractivity contribution in [2.24, 2.45) is 0 Å². The summed E-state index contributed by atoms with van der Waals surface area (Å²) in [5, 5.41) is 0. The molecule has 0 aliphatic rings. The molecule has 0 rings (SSSR count). The van der Waals surface area contributed by atoms with E-state index in [0.29, 0.717) is 0 Å². The molecule has 0 radical (unpaired) electrons. The first-order valence-electron chi connectivity index (χ1n) is 2.56. The molecule has 0 nitrogen and oxygen atoms in total. The van der Waals surface area contributed by atoms with E-state index in [9.17, 15) is 0 Å².